The lowest BCUT2D eigenvalue weighted by Crippen LogP contribution is -2.63. The van der Waals surface area contributed by atoms with Gasteiger partial charge >= 0.3 is 5.97 Å². The molecule has 0 aromatic carbocycles. The van der Waals surface area contributed by atoms with Crippen LogP contribution in [-0.4, -0.2) is 33.5 Å². The second kappa shape index (κ2) is 4.85. The van der Waals surface area contributed by atoms with E-state index in [0.717, 1.165) is 44.1 Å². The van der Waals surface area contributed by atoms with Crippen LogP contribution in [0.25, 0.3) is 0 Å². The Kier molecular flexibility index (Phi) is 3.35. The van der Waals surface area contributed by atoms with Crippen LogP contribution in [0.15, 0.2) is 12.2 Å². The zero-order valence-electron chi connectivity index (χ0n) is 14.8. The maximum Gasteiger partial charge on any atom is 0.309 e. The second-order valence-corrected chi connectivity index (χ2v) is 9.57. The first-order valence-electron chi connectivity index (χ1n) is 9.45. The van der Waals surface area contributed by atoms with E-state index in [1.807, 2.05) is 6.92 Å². The van der Waals surface area contributed by atoms with Crippen molar-refractivity contribution in [2.75, 3.05) is 0 Å². The normalized spacial score (nSPS) is 56.5. The van der Waals surface area contributed by atoms with Gasteiger partial charge in [-0.15, -0.1) is 0 Å². The third kappa shape index (κ3) is 1.74. The van der Waals surface area contributed by atoms with E-state index in [9.17, 15) is 20.1 Å². The number of aliphatic hydroxyl groups is 2. The summed E-state index contributed by atoms with van der Waals surface area (Å²) in [5.41, 5.74) is -0.331. The Labute approximate surface area is 144 Å². The monoisotopic (exact) mass is 334 g/mol. The molecule has 4 rings (SSSR count). The molecule has 1 unspecified atom stereocenters. The third-order valence-electron chi connectivity index (χ3n) is 8.65. The van der Waals surface area contributed by atoms with Gasteiger partial charge in [-0.3, -0.25) is 4.79 Å². The minimum Gasteiger partial charge on any atom is -0.481 e. The lowest BCUT2D eigenvalue weighted by atomic mass is 9.40. The lowest BCUT2D eigenvalue weighted by molar-refractivity contribution is -0.212. The fourth-order valence-electron chi connectivity index (χ4n) is 7.73. The molecule has 4 aliphatic rings. The molecule has 8 atom stereocenters. The number of hydrogen-bond acceptors (Lipinski definition) is 3. The van der Waals surface area contributed by atoms with E-state index in [0.29, 0.717) is 6.42 Å². The van der Waals surface area contributed by atoms with E-state index in [2.05, 4.69) is 13.5 Å². The fourth-order valence-corrected chi connectivity index (χ4v) is 7.73. The maximum absolute atomic E-state index is 12.1. The predicted molar refractivity (Wildman–Crippen MR) is 90.2 cm³/mol. The molecule has 2 bridgehead atoms. The van der Waals surface area contributed by atoms with Crippen LogP contribution in [0.1, 0.15) is 58.8 Å². The number of aliphatic carboxylic acids is 1. The first kappa shape index (κ1) is 16.6. The van der Waals surface area contributed by atoms with E-state index in [1.165, 1.54) is 0 Å². The summed E-state index contributed by atoms with van der Waals surface area (Å²) in [6.07, 6.45) is 4.80. The number of fused-ring (bicyclic) bond motifs is 3. The standard InChI is InChI=1S/C20H30O4/c1-11-12-9-13(21)15-18(2)6-4-7-19(3,17(23)24)14(18)5-8-20(15,10-12)16(11)22/h12-16,21-22H,1,4-10H2,2-3H3,(H,23,24)/t12-,13-,14+,15+,16?,18-,19+,20-/m1/s1. The number of carboxylic acid groups (broad SMARTS) is 1. The highest BCUT2D eigenvalue weighted by atomic mass is 16.4. The molecule has 0 heterocycles. The molecule has 4 fully saturated rings. The predicted octanol–water partition coefficient (Wildman–Crippen LogP) is 2.98. The average Bonchev–Trinajstić information content (AvgIpc) is 2.68. The molecule has 24 heavy (non-hydrogen) atoms. The first-order chi connectivity index (χ1) is 11.2. The largest absolute Gasteiger partial charge is 0.481 e. The van der Waals surface area contributed by atoms with Crippen LogP contribution in [0.4, 0.5) is 0 Å². The highest BCUT2D eigenvalue weighted by molar-refractivity contribution is 5.75. The topological polar surface area (TPSA) is 77.8 Å². The van der Waals surface area contributed by atoms with Crippen molar-refractivity contribution in [1.82, 2.24) is 0 Å². The molecule has 0 saturated heterocycles. The van der Waals surface area contributed by atoms with Gasteiger partial charge in [-0.25, -0.2) is 0 Å². The highest BCUT2D eigenvalue weighted by Gasteiger charge is 2.69. The Morgan fingerprint density at radius 1 is 1.21 bits per heavy atom. The Morgan fingerprint density at radius 2 is 1.92 bits per heavy atom. The van der Waals surface area contributed by atoms with Crippen molar-refractivity contribution in [3.05, 3.63) is 12.2 Å². The van der Waals surface area contributed by atoms with Gasteiger partial charge in [0.25, 0.3) is 0 Å². The van der Waals surface area contributed by atoms with Crippen LogP contribution < -0.4 is 0 Å². The number of hydrogen-bond donors (Lipinski definition) is 3. The van der Waals surface area contributed by atoms with Crippen LogP contribution >= 0.6 is 0 Å². The smallest absolute Gasteiger partial charge is 0.309 e. The Bertz CT molecular complexity index is 600. The summed E-state index contributed by atoms with van der Waals surface area (Å²) in [6, 6.07) is 0. The van der Waals surface area contributed by atoms with Crippen molar-refractivity contribution >= 4 is 5.97 Å². The molecule has 0 radical (unpaired) electrons. The van der Waals surface area contributed by atoms with Crippen molar-refractivity contribution in [2.45, 2.75) is 71.0 Å². The van der Waals surface area contributed by atoms with E-state index in [-0.39, 0.29) is 28.6 Å². The summed E-state index contributed by atoms with van der Waals surface area (Å²) >= 11 is 0. The Morgan fingerprint density at radius 3 is 2.58 bits per heavy atom. The summed E-state index contributed by atoms with van der Waals surface area (Å²) < 4.78 is 0. The van der Waals surface area contributed by atoms with Gasteiger partial charge in [0.05, 0.1) is 17.6 Å². The van der Waals surface area contributed by atoms with Crippen molar-refractivity contribution in [3.8, 4) is 0 Å². The molecule has 4 heteroatoms. The molecular formula is C20H30O4. The molecule has 3 N–H and O–H groups in total. The number of carbonyl (C=O) groups is 1. The second-order valence-electron chi connectivity index (χ2n) is 9.57. The van der Waals surface area contributed by atoms with Gasteiger partial charge in [0, 0.05) is 5.41 Å². The van der Waals surface area contributed by atoms with E-state index >= 15 is 0 Å². The van der Waals surface area contributed by atoms with Crippen molar-refractivity contribution in [3.63, 3.8) is 0 Å². The molecule has 1 spiro atoms. The molecule has 0 aromatic heterocycles. The summed E-state index contributed by atoms with van der Waals surface area (Å²) in [4.78, 5) is 12.1. The molecule has 4 nitrogen and oxygen atoms in total. The summed E-state index contributed by atoms with van der Waals surface area (Å²) in [7, 11) is 0. The molecular weight excluding hydrogens is 304 g/mol. The SMILES string of the molecule is C=C1C(O)[C@@]23CC[C@H]4[C@@](C)(CCC[C@]4(C)C(=O)O)[C@@H]2[C@H](O)C[C@@H]1C3. The highest BCUT2D eigenvalue weighted by Crippen LogP contribution is 2.72. The van der Waals surface area contributed by atoms with Crippen LogP contribution in [0, 0.1) is 34.0 Å². The number of aliphatic hydroxyl groups excluding tert-OH is 2. The third-order valence-corrected chi connectivity index (χ3v) is 8.65. The molecule has 0 aliphatic heterocycles. The molecule has 0 aromatic rings. The van der Waals surface area contributed by atoms with E-state index in [4.69, 9.17) is 0 Å². The minimum atomic E-state index is -0.717. The van der Waals surface area contributed by atoms with Gasteiger partial charge in [0.2, 0.25) is 0 Å². The van der Waals surface area contributed by atoms with Crippen molar-refractivity contribution in [1.29, 1.82) is 0 Å². The van der Waals surface area contributed by atoms with Crippen molar-refractivity contribution in [2.24, 2.45) is 34.0 Å². The molecule has 4 saturated carbocycles. The summed E-state index contributed by atoms with van der Waals surface area (Å²) in [5.74, 6) is -0.429. The molecule has 4 aliphatic carbocycles. The first-order valence-corrected chi connectivity index (χ1v) is 9.45. The van der Waals surface area contributed by atoms with E-state index < -0.39 is 23.6 Å². The van der Waals surface area contributed by atoms with Crippen LogP contribution in [-0.2, 0) is 4.79 Å². The van der Waals surface area contributed by atoms with Gasteiger partial charge in [0.15, 0.2) is 0 Å². The van der Waals surface area contributed by atoms with Crippen molar-refractivity contribution < 1.29 is 20.1 Å². The van der Waals surface area contributed by atoms with Gasteiger partial charge in [-0.2, -0.15) is 0 Å². The van der Waals surface area contributed by atoms with Gasteiger partial charge in [0.1, 0.15) is 0 Å². The van der Waals surface area contributed by atoms with Crippen LogP contribution in [0.5, 0.6) is 0 Å². The Balaban J connectivity index is 1.82. The lowest BCUT2D eigenvalue weighted by Gasteiger charge is -2.64. The maximum atomic E-state index is 12.1. The zero-order valence-corrected chi connectivity index (χ0v) is 14.8. The zero-order chi connectivity index (χ0) is 17.5. The molecule has 0 amide bonds. The van der Waals surface area contributed by atoms with Crippen LogP contribution in [0.2, 0.25) is 0 Å². The van der Waals surface area contributed by atoms with Gasteiger partial charge in [-0.1, -0.05) is 19.9 Å². The quantitative estimate of drug-likeness (QED) is 0.644. The van der Waals surface area contributed by atoms with Crippen LogP contribution in [0.3, 0.4) is 0 Å². The molecule has 134 valence electrons. The number of carboxylic acids is 1. The van der Waals surface area contributed by atoms with Gasteiger partial charge in [-0.05, 0) is 74.2 Å². The Hall–Kier alpha value is -0.870. The van der Waals surface area contributed by atoms with Gasteiger partial charge < -0.3 is 15.3 Å². The number of rotatable bonds is 1. The summed E-state index contributed by atoms with van der Waals surface area (Å²) in [5, 5.41) is 31.9. The average molecular weight is 334 g/mol. The fraction of sp³-hybridized carbons (Fsp3) is 0.850. The van der Waals surface area contributed by atoms with E-state index in [1.54, 1.807) is 0 Å². The minimum absolute atomic E-state index is 0.0202. The summed E-state index contributed by atoms with van der Waals surface area (Å²) in [6.45, 7) is 8.22.